The van der Waals surface area contributed by atoms with Crippen LogP contribution in [0.2, 0.25) is 0 Å². The van der Waals surface area contributed by atoms with Gasteiger partial charge in [-0.05, 0) is 31.5 Å². The fraction of sp³-hybridized carbons (Fsp3) is 0.632. The molecule has 1 aromatic rings. The van der Waals surface area contributed by atoms with Gasteiger partial charge in [0.05, 0.1) is 26.4 Å². The first-order valence-corrected chi connectivity index (χ1v) is 8.64. The highest BCUT2D eigenvalue weighted by molar-refractivity contribution is 5.89. The molecule has 1 amide bonds. The number of nitrogens with two attached hydrogens (primary N) is 1. The molecule has 0 radical (unpaired) electrons. The molecule has 3 N–H and O–H groups in total. The van der Waals surface area contributed by atoms with Crippen LogP contribution in [0.5, 0.6) is 11.5 Å². The second kappa shape index (κ2) is 7.22. The fourth-order valence-electron chi connectivity index (χ4n) is 3.35. The topological polar surface area (TPSA) is 82.8 Å². The summed E-state index contributed by atoms with van der Waals surface area (Å²) in [5.74, 6) is 1.12. The lowest BCUT2D eigenvalue weighted by Gasteiger charge is -2.57. The molecule has 1 aliphatic carbocycles. The van der Waals surface area contributed by atoms with Gasteiger partial charge in [-0.2, -0.15) is 0 Å². The van der Waals surface area contributed by atoms with E-state index in [1.165, 1.54) is 0 Å². The number of benzene rings is 1. The monoisotopic (exact) mass is 350 g/mol. The summed E-state index contributed by atoms with van der Waals surface area (Å²) in [5, 5.41) is 3.03. The van der Waals surface area contributed by atoms with Crippen LogP contribution in [0.3, 0.4) is 0 Å². The molecule has 25 heavy (non-hydrogen) atoms. The zero-order valence-corrected chi connectivity index (χ0v) is 16.0. The fourth-order valence-corrected chi connectivity index (χ4v) is 3.35. The van der Waals surface area contributed by atoms with Crippen LogP contribution >= 0.6 is 0 Å². The summed E-state index contributed by atoms with van der Waals surface area (Å²) in [7, 11) is 3.18. The van der Waals surface area contributed by atoms with Crippen molar-refractivity contribution in [2.24, 2.45) is 11.1 Å². The molecule has 1 saturated carbocycles. The van der Waals surface area contributed by atoms with Crippen molar-refractivity contribution < 1.29 is 19.0 Å². The van der Waals surface area contributed by atoms with Crippen molar-refractivity contribution in [1.82, 2.24) is 5.32 Å². The van der Waals surface area contributed by atoms with Gasteiger partial charge in [-0.15, -0.1) is 0 Å². The zero-order valence-electron chi connectivity index (χ0n) is 16.0. The molecule has 6 nitrogen and oxygen atoms in total. The van der Waals surface area contributed by atoms with Crippen molar-refractivity contribution in [2.45, 2.75) is 51.8 Å². The minimum absolute atomic E-state index is 0.00429. The molecule has 0 saturated heterocycles. The zero-order chi connectivity index (χ0) is 18.8. The Morgan fingerprint density at radius 2 is 1.96 bits per heavy atom. The van der Waals surface area contributed by atoms with E-state index in [1.807, 2.05) is 45.9 Å². The number of methoxy groups -OCH3 is 2. The molecular formula is C19H30N2O4. The van der Waals surface area contributed by atoms with Crippen LogP contribution in [0.15, 0.2) is 18.2 Å². The molecule has 3 unspecified atom stereocenters. The van der Waals surface area contributed by atoms with E-state index in [2.05, 4.69) is 5.32 Å². The number of hydrogen-bond donors (Lipinski definition) is 2. The second-order valence-electron chi connectivity index (χ2n) is 7.15. The van der Waals surface area contributed by atoms with Crippen LogP contribution in [-0.2, 0) is 9.53 Å². The van der Waals surface area contributed by atoms with Crippen LogP contribution in [0, 0.1) is 5.41 Å². The van der Waals surface area contributed by atoms with Gasteiger partial charge in [0.1, 0.15) is 5.54 Å². The maximum atomic E-state index is 12.8. The molecule has 1 fully saturated rings. The standard InChI is InChI=1S/C19H30N2O4/c1-7-25-16-11-19(20,18(16,3)4)17(22)21-12(2)13-8-9-14(23-5)15(10-13)24-6/h8-10,12,16H,7,11,20H2,1-6H3,(H,21,22). The molecule has 2 rings (SSSR count). The lowest BCUT2D eigenvalue weighted by atomic mass is 9.54. The van der Waals surface area contributed by atoms with Gasteiger partial charge >= 0.3 is 0 Å². The Bertz CT molecular complexity index is 632. The number of hydrogen-bond acceptors (Lipinski definition) is 5. The minimum Gasteiger partial charge on any atom is -0.493 e. The van der Waals surface area contributed by atoms with Crippen molar-refractivity contribution in [1.29, 1.82) is 0 Å². The summed E-state index contributed by atoms with van der Waals surface area (Å²) in [6.07, 6.45) is 0.530. The van der Waals surface area contributed by atoms with Crippen molar-refractivity contribution in [2.75, 3.05) is 20.8 Å². The van der Waals surface area contributed by atoms with Crippen molar-refractivity contribution in [3.8, 4) is 11.5 Å². The summed E-state index contributed by atoms with van der Waals surface area (Å²) in [6, 6.07) is 5.40. The Kier molecular flexibility index (Phi) is 5.64. The van der Waals surface area contributed by atoms with E-state index in [4.69, 9.17) is 19.9 Å². The lowest BCUT2D eigenvalue weighted by Crippen LogP contribution is -2.75. The Hall–Kier alpha value is -1.79. The first-order valence-electron chi connectivity index (χ1n) is 8.64. The van der Waals surface area contributed by atoms with Crippen molar-refractivity contribution in [3.05, 3.63) is 23.8 Å². The summed E-state index contributed by atoms with van der Waals surface area (Å²) < 4.78 is 16.3. The maximum Gasteiger partial charge on any atom is 0.241 e. The van der Waals surface area contributed by atoms with Crippen LogP contribution < -0.4 is 20.5 Å². The summed E-state index contributed by atoms with van der Waals surface area (Å²) >= 11 is 0. The second-order valence-corrected chi connectivity index (χ2v) is 7.15. The smallest absolute Gasteiger partial charge is 0.241 e. The van der Waals surface area contributed by atoms with Gasteiger partial charge in [0.15, 0.2) is 11.5 Å². The van der Waals surface area contributed by atoms with Crippen LogP contribution in [-0.4, -0.2) is 38.4 Å². The van der Waals surface area contributed by atoms with Gasteiger partial charge in [0.2, 0.25) is 5.91 Å². The Morgan fingerprint density at radius 3 is 2.48 bits per heavy atom. The third kappa shape index (κ3) is 3.33. The van der Waals surface area contributed by atoms with Gasteiger partial charge in [0, 0.05) is 18.4 Å². The molecule has 6 heteroatoms. The highest BCUT2D eigenvalue weighted by Crippen LogP contribution is 2.50. The largest absolute Gasteiger partial charge is 0.493 e. The molecule has 3 atom stereocenters. The van der Waals surface area contributed by atoms with E-state index < -0.39 is 11.0 Å². The van der Waals surface area contributed by atoms with Crippen molar-refractivity contribution >= 4 is 5.91 Å². The number of ether oxygens (including phenoxy) is 3. The maximum absolute atomic E-state index is 12.8. The van der Waals surface area contributed by atoms with Crippen LogP contribution in [0.25, 0.3) is 0 Å². The van der Waals surface area contributed by atoms with E-state index in [1.54, 1.807) is 14.2 Å². The molecule has 0 bridgehead atoms. The number of carbonyl (C=O) groups excluding carboxylic acids is 1. The highest BCUT2D eigenvalue weighted by Gasteiger charge is 2.62. The highest BCUT2D eigenvalue weighted by atomic mass is 16.5. The molecule has 1 aliphatic rings. The number of nitrogens with one attached hydrogen (secondary N) is 1. The SMILES string of the molecule is CCOC1CC(N)(C(=O)NC(C)c2ccc(OC)c(OC)c2)C1(C)C. The predicted molar refractivity (Wildman–Crippen MR) is 96.8 cm³/mol. The van der Waals surface area contributed by atoms with Gasteiger partial charge in [-0.1, -0.05) is 19.9 Å². The van der Waals surface area contributed by atoms with E-state index in [0.29, 0.717) is 24.5 Å². The first-order chi connectivity index (χ1) is 11.7. The molecule has 0 heterocycles. The Balaban J connectivity index is 2.10. The van der Waals surface area contributed by atoms with Crippen LogP contribution in [0.4, 0.5) is 0 Å². The van der Waals surface area contributed by atoms with E-state index in [-0.39, 0.29) is 18.1 Å². The Morgan fingerprint density at radius 1 is 1.32 bits per heavy atom. The van der Waals surface area contributed by atoms with Crippen molar-refractivity contribution in [3.63, 3.8) is 0 Å². The molecule has 0 aromatic heterocycles. The molecular weight excluding hydrogens is 320 g/mol. The molecule has 140 valence electrons. The van der Waals surface area contributed by atoms with E-state index in [9.17, 15) is 4.79 Å². The number of carbonyl (C=O) groups is 1. The molecule has 0 spiro atoms. The average Bonchev–Trinajstić information content (AvgIpc) is 2.60. The summed E-state index contributed by atoms with van der Waals surface area (Å²) in [6.45, 7) is 8.46. The molecule has 1 aromatic carbocycles. The quantitative estimate of drug-likeness (QED) is 0.789. The molecule has 0 aliphatic heterocycles. The van der Waals surface area contributed by atoms with Gasteiger partial charge in [-0.25, -0.2) is 0 Å². The first kappa shape index (κ1) is 19.5. The Labute approximate surface area is 150 Å². The average molecular weight is 350 g/mol. The van der Waals surface area contributed by atoms with E-state index >= 15 is 0 Å². The predicted octanol–water partition coefficient (Wildman–Crippen LogP) is 2.41. The third-order valence-electron chi connectivity index (χ3n) is 5.49. The third-order valence-corrected chi connectivity index (χ3v) is 5.49. The van der Waals surface area contributed by atoms with E-state index in [0.717, 1.165) is 5.56 Å². The minimum atomic E-state index is -0.933. The normalized spacial score (nSPS) is 25.6. The van der Waals surface area contributed by atoms with Crippen LogP contribution in [0.1, 0.15) is 45.7 Å². The number of rotatable bonds is 7. The number of amides is 1. The summed E-state index contributed by atoms with van der Waals surface area (Å²) in [4.78, 5) is 12.8. The van der Waals surface area contributed by atoms with Gasteiger partial charge < -0.3 is 25.3 Å². The van der Waals surface area contributed by atoms with Gasteiger partial charge in [0.25, 0.3) is 0 Å². The summed E-state index contributed by atoms with van der Waals surface area (Å²) in [5.41, 5.74) is 6.02. The van der Waals surface area contributed by atoms with Gasteiger partial charge in [-0.3, -0.25) is 4.79 Å². The lowest BCUT2D eigenvalue weighted by molar-refractivity contribution is -0.171.